The van der Waals surface area contributed by atoms with Crippen LogP contribution in [0.2, 0.25) is 0 Å². The number of nitrogens with one attached hydrogen (secondary N) is 1. The molecule has 0 aliphatic carbocycles. The van der Waals surface area contributed by atoms with Crippen molar-refractivity contribution in [1.29, 1.82) is 0 Å². The minimum atomic E-state index is 0.327. The molecule has 0 radical (unpaired) electrons. The molecular weight excluding hydrogens is 236 g/mol. The second-order valence-corrected chi connectivity index (χ2v) is 5.49. The summed E-state index contributed by atoms with van der Waals surface area (Å²) in [6, 6.07) is 9.25. The van der Waals surface area contributed by atoms with Crippen LogP contribution in [-0.2, 0) is 6.54 Å². The molecule has 0 bridgehead atoms. The lowest BCUT2D eigenvalue weighted by Crippen LogP contribution is -2.36. The number of fused-ring (bicyclic) bond motifs is 1. The Balaban J connectivity index is 1.93. The molecule has 1 heterocycles. The highest BCUT2D eigenvalue weighted by Crippen LogP contribution is 2.23. The minimum absolute atomic E-state index is 0.327. The molecule has 0 spiro atoms. The third-order valence-corrected chi connectivity index (χ3v) is 3.80. The van der Waals surface area contributed by atoms with Gasteiger partial charge in [0.25, 0.3) is 0 Å². The smallest absolute Gasteiger partial charge is 0.0431 e. The first kappa shape index (κ1) is 14.4. The number of nitrogens with zero attached hydrogens (tertiary/aromatic N) is 1. The van der Waals surface area contributed by atoms with E-state index in [1.54, 1.807) is 0 Å². The minimum Gasteiger partial charge on any atom is -0.396 e. The highest BCUT2D eigenvalue weighted by molar-refractivity contribution is 5.54. The van der Waals surface area contributed by atoms with Crippen LogP contribution in [0.25, 0.3) is 0 Å². The number of hydrogen-bond acceptors (Lipinski definition) is 3. The predicted molar refractivity (Wildman–Crippen MR) is 80.5 cm³/mol. The zero-order valence-electron chi connectivity index (χ0n) is 11.9. The average Bonchev–Trinajstić information content (AvgIpc) is 2.59. The fourth-order valence-corrected chi connectivity index (χ4v) is 2.73. The maximum Gasteiger partial charge on any atom is 0.0431 e. The Bertz CT molecular complexity index is 381. The van der Waals surface area contributed by atoms with Crippen molar-refractivity contribution in [2.45, 2.75) is 45.2 Å². The molecule has 1 unspecified atom stereocenters. The summed E-state index contributed by atoms with van der Waals surface area (Å²) >= 11 is 0. The molecule has 1 aliphatic rings. The quantitative estimate of drug-likeness (QED) is 0.773. The van der Waals surface area contributed by atoms with Gasteiger partial charge in [-0.3, -0.25) is 0 Å². The molecule has 0 saturated heterocycles. The number of para-hydroxylation sites is 1. The molecule has 2 rings (SSSR count). The second kappa shape index (κ2) is 7.51. The van der Waals surface area contributed by atoms with Gasteiger partial charge in [-0.15, -0.1) is 0 Å². The molecule has 0 aromatic heterocycles. The second-order valence-electron chi connectivity index (χ2n) is 5.49. The van der Waals surface area contributed by atoms with Crippen molar-refractivity contribution in [2.75, 3.05) is 24.6 Å². The van der Waals surface area contributed by atoms with E-state index >= 15 is 0 Å². The fourth-order valence-electron chi connectivity index (χ4n) is 2.73. The molecule has 106 valence electrons. The van der Waals surface area contributed by atoms with Gasteiger partial charge in [-0.25, -0.2) is 0 Å². The lowest BCUT2D eigenvalue weighted by atomic mass is 10.1. The van der Waals surface area contributed by atoms with Crippen LogP contribution in [0, 0.1) is 0 Å². The average molecular weight is 262 g/mol. The molecule has 1 aliphatic heterocycles. The van der Waals surface area contributed by atoms with E-state index in [2.05, 4.69) is 41.4 Å². The van der Waals surface area contributed by atoms with Crippen LogP contribution in [0.1, 0.15) is 38.2 Å². The summed E-state index contributed by atoms with van der Waals surface area (Å²) in [4.78, 5) is 2.51. The molecule has 0 amide bonds. The summed E-state index contributed by atoms with van der Waals surface area (Å²) < 4.78 is 0. The number of hydrogen-bond donors (Lipinski definition) is 2. The molecule has 1 atom stereocenters. The number of rotatable bonds is 6. The molecule has 1 aromatic carbocycles. The first-order valence-electron chi connectivity index (χ1n) is 7.48. The van der Waals surface area contributed by atoms with Gasteiger partial charge in [0.05, 0.1) is 0 Å². The Morgan fingerprint density at radius 1 is 1.21 bits per heavy atom. The number of anilines is 1. The van der Waals surface area contributed by atoms with Gasteiger partial charge in [0.1, 0.15) is 0 Å². The highest BCUT2D eigenvalue weighted by atomic mass is 16.2. The predicted octanol–water partition coefficient (Wildman–Crippen LogP) is 2.54. The standard InChI is InChI=1S/C16H26N2O/c1-14-13-18(10-6-2-3-7-11-19)16-9-5-4-8-15(16)12-17-14/h4-5,8-9,14,17,19H,2-3,6-7,10-13H2,1H3. The Hall–Kier alpha value is -1.06. The zero-order valence-corrected chi connectivity index (χ0v) is 11.9. The van der Waals surface area contributed by atoms with Crippen molar-refractivity contribution in [3.8, 4) is 0 Å². The third kappa shape index (κ3) is 4.22. The van der Waals surface area contributed by atoms with E-state index in [-0.39, 0.29) is 0 Å². The number of aliphatic hydroxyl groups excluding tert-OH is 1. The molecule has 3 heteroatoms. The summed E-state index contributed by atoms with van der Waals surface area (Å²) in [5.74, 6) is 0. The fraction of sp³-hybridized carbons (Fsp3) is 0.625. The van der Waals surface area contributed by atoms with Crippen molar-refractivity contribution < 1.29 is 5.11 Å². The van der Waals surface area contributed by atoms with Crippen molar-refractivity contribution in [2.24, 2.45) is 0 Å². The van der Waals surface area contributed by atoms with E-state index in [0.717, 1.165) is 32.5 Å². The molecule has 19 heavy (non-hydrogen) atoms. The van der Waals surface area contributed by atoms with Gasteiger partial charge in [-0.2, -0.15) is 0 Å². The normalized spacial score (nSPS) is 19.1. The van der Waals surface area contributed by atoms with Gasteiger partial charge in [0, 0.05) is 38.0 Å². The van der Waals surface area contributed by atoms with Crippen LogP contribution in [0.4, 0.5) is 5.69 Å². The number of aliphatic hydroxyl groups is 1. The SMILES string of the molecule is CC1CN(CCCCCCO)c2ccccc2CN1. The van der Waals surface area contributed by atoms with E-state index in [1.165, 1.54) is 24.1 Å². The van der Waals surface area contributed by atoms with Gasteiger partial charge in [0.2, 0.25) is 0 Å². The van der Waals surface area contributed by atoms with Crippen molar-refractivity contribution in [3.05, 3.63) is 29.8 Å². The van der Waals surface area contributed by atoms with Crippen LogP contribution in [0.15, 0.2) is 24.3 Å². The molecular formula is C16H26N2O. The van der Waals surface area contributed by atoms with E-state index in [9.17, 15) is 0 Å². The third-order valence-electron chi connectivity index (χ3n) is 3.80. The Morgan fingerprint density at radius 2 is 2.00 bits per heavy atom. The van der Waals surface area contributed by atoms with Crippen LogP contribution < -0.4 is 10.2 Å². The molecule has 2 N–H and O–H groups in total. The summed E-state index contributed by atoms with van der Waals surface area (Å²) in [7, 11) is 0. The van der Waals surface area contributed by atoms with Gasteiger partial charge in [-0.05, 0) is 31.4 Å². The number of unbranched alkanes of at least 4 members (excludes halogenated alkanes) is 3. The maximum absolute atomic E-state index is 8.80. The topological polar surface area (TPSA) is 35.5 Å². The number of benzene rings is 1. The lowest BCUT2D eigenvalue weighted by molar-refractivity contribution is 0.282. The first-order valence-corrected chi connectivity index (χ1v) is 7.48. The van der Waals surface area contributed by atoms with Crippen LogP contribution in [0.3, 0.4) is 0 Å². The van der Waals surface area contributed by atoms with Crippen LogP contribution in [0.5, 0.6) is 0 Å². The van der Waals surface area contributed by atoms with Crippen molar-refractivity contribution in [3.63, 3.8) is 0 Å². The Morgan fingerprint density at radius 3 is 2.84 bits per heavy atom. The molecule has 1 aromatic rings. The van der Waals surface area contributed by atoms with Gasteiger partial charge < -0.3 is 15.3 Å². The van der Waals surface area contributed by atoms with Gasteiger partial charge in [0.15, 0.2) is 0 Å². The van der Waals surface area contributed by atoms with E-state index in [1.807, 2.05) is 0 Å². The van der Waals surface area contributed by atoms with Gasteiger partial charge >= 0.3 is 0 Å². The highest BCUT2D eigenvalue weighted by Gasteiger charge is 2.17. The van der Waals surface area contributed by atoms with Gasteiger partial charge in [-0.1, -0.05) is 31.0 Å². The Kier molecular flexibility index (Phi) is 5.67. The lowest BCUT2D eigenvalue weighted by Gasteiger charge is -2.26. The molecule has 0 saturated carbocycles. The molecule has 3 nitrogen and oxygen atoms in total. The Labute approximate surface area is 116 Å². The summed E-state index contributed by atoms with van der Waals surface area (Å²) in [6.45, 7) is 5.75. The van der Waals surface area contributed by atoms with Crippen molar-refractivity contribution in [1.82, 2.24) is 5.32 Å². The monoisotopic (exact) mass is 262 g/mol. The van der Waals surface area contributed by atoms with Crippen LogP contribution >= 0.6 is 0 Å². The van der Waals surface area contributed by atoms with E-state index in [0.29, 0.717) is 12.6 Å². The van der Waals surface area contributed by atoms with Crippen LogP contribution in [-0.4, -0.2) is 30.8 Å². The molecule has 0 fully saturated rings. The van der Waals surface area contributed by atoms with E-state index in [4.69, 9.17) is 5.11 Å². The summed E-state index contributed by atoms with van der Waals surface area (Å²) in [5.41, 5.74) is 2.80. The zero-order chi connectivity index (χ0) is 13.5. The van der Waals surface area contributed by atoms with E-state index < -0.39 is 0 Å². The van der Waals surface area contributed by atoms with Crippen molar-refractivity contribution >= 4 is 5.69 Å². The maximum atomic E-state index is 8.80. The largest absolute Gasteiger partial charge is 0.396 e. The first-order chi connectivity index (χ1) is 9.31. The summed E-state index contributed by atoms with van der Waals surface area (Å²) in [6.07, 6.45) is 4.50. The summed E-state index contributed by atoms with van der Waals surface area (Å²) in [5, 5.41) is 12.4.